The first kappa shape index (κ1) is 12.2. The van der Waals surface area contributed by atoms with Crippen molar-refractivity contribution in [2.45, 2.75) is 0 Å². The Bertz CT molecular complexity index is 720. The number of nitrogen functional groups attached to an aromatic ring is 1. The monoisotopic (exact) mass is 267 g/mol. The van der Waals surface area contributed by atoms with Gasteiger partial charge < -0.3 is 14.9 Å². The smallest absolute Gasteiger partial charge is 0.248 e. The van der Waals surface area contributed by atoms with Gasteiger partial charge in [-0.15, -0.1) is 10.2 Å². The molecule has 2 N–H and O–H groups in total. The fourth-order valence-electron chi connectivity index (χ4n) is 1.86. The molecule has 0 radical (unpaired) electrons. The first-order chi connectivity index (χ1) is 9.76. The highest BCUT2D eigenvalue weighted by Crippen LogP contribution is 2.26. The van der Waals surface area contributed by atoms with Crippen LogP contribution in [0.5, 0.6) is 5.75 Å². The number of rotatable bonds is 3. The van der Waals surface area contributed by atoms with Gasteiger partial charge in [0.05, 0.1) is 7.11 Å². The second-order valence-electron chi connectivity index (χ2n) is 4.27. The van der Waals surface area contributed by atoms with Crippen LogP contribution in [0.25, 0.3) is 22.9 Å². The number of benzene rings is 2. The summed E-state index contributed by atoms with van der Waals surface area (Å²) in [7, 11) is 1.62. The summed E-state index contributed by atoms with van der Waals surface area (Å²) in [6, 6.07) is 14.8. The van der Waals surface area contributed by atoms with Crippen LogP contribution in [0, 0.1) is 0 Å². The van der Waals surface area contributed by atoms with Crippen molar-refractivity contribution in [1.82, 2.24) is 10.2 Å². The van der Waals surface area contributed by atoms with Gasteiger partial charge >= 0.3 is 0 Å². The molecule has 5 heteroatoms. The SMILES string of the molecule is COc1ccc(-c2nnc(-c3cccc(N)c3)o2)cc1. The normalized spacial score (nSPS) is 10.4. The van der Waals surface area contributed by atoms with Crippen LogP contribution in [-0.2, 0) is 0 Å². The molecule has 0 aliphatic carbocycles. The topological polar surface area (TPSA) is 74.2 Å². The van der Waals surface area contributed by atoms with Gasteiger partial charge in [-0.3, -0.25) is 0 Å². The van der Waals surface area contributed by atoms with E-state index in [2.05, 4.69) is 10.2 Å². The van der Waals surface area contributed by atoms with E-state index < -0.39 is 0 Å². The van der Waals surface area contributed by atoms with Crippen LogP contribution in [0.1, 0.15) is 0 Å². The summed E-state index contributed by atoms with van der Waals surface area (Å²) >= 11 is 0. The number of nitrogens with zero attached hydrogens (tertiary/aromatic N) is 2. The quantitative estimate of drug-likeness (QED) is 0.738. The average molecular weight is 267 g/mol. The lowest BCUT2D eigenvalue weighted by atomic mass is 10.2. The maximum absolute atomic E-state index is 5.74. The zero-order valence-electron chi connectivity index (χ0n) is 10.9. The first-order valence-corrected chi connectivity index (χ1v) is 6.10. The molecule has 0 spiro atoms. The molecule has 0 saturated carbocycles. The molecule has 5 nitrogen and oxygen atoms in total. The molecule has 1 aromatic heterocycles. The van der Waals surface area contributed by atoms with Gasteiger partial charge in [0.15, 0.2) is 0 Å². The molecule has 0 aliphatic rings. The fraction of sp³-hybridized carbons (Fsp3) is 0.0667. The van der Waals surface area contributed by atoms with Crippen molar-refractivity contribution >= 4 is 5.69 Å². The standard InChI is InChI=1S/C15H13N3O2/c1-19-13-7-5-10(6-8-13)14-17-18-15(20-14)11-3-2-4-12(16)9-11/h2-9H,16H2,1H3. The Kier molecular flexibility index (Phi) is 3.09. The van der Waals surface area contributed by atoms with Crippen molar-refractivity contribution in [1.29, 1.82) is 0 Å². The number of methoxy groups -OCH3 is 1. The van der Waals surface area contributed by atoms with E-state index in [4.69, 9.17) is 14.9 Å². The van der Waals surface area contributed by atoms with Gasteiger partial charge in [-0.25, -0.2) is 0 Å². The highest BCUT2D eigenvalue weighted by molar-refractivity contribution is 5.61. The van der Waals surface area contributed by atoms with Gasteiger partial charge in [-0.05, 0) is 42.5 Å². The number of nitrogens with two attached hydrogens (primary N) is 1. The van der Waals surface area contributed by atoms with Crippen LogP contribution in [0.3, 0.4) is 0 Å². The largest absolute Gasteiger partial charge is 0.497 e. The van der Waals surface area contributed by atoms with Crippen molar-refractivity contribution < 1.29 is 9.15 Å². The molecule has 0 fully saturated rings. The van der Waals surface area contributed by atoms with Crippen LogP contribution < -0.4 is 10.5 Å². The van der Waals surface area contributed by atoms with Crippen molar-refractivity contribution in [3.8, 4) is 28.7 Å². The van der Waals surface area contributed by atoms with Gasteiger partial charge in [0.25, 0.3) is 0 Å². The van der Waals surface area contributed by atoms with Crippen LogP contribution in [0.15, 0.2) is 52.9 Å². The minimum Gasteiger partial charge on any atom is -0.497 e. The number of hydrogen-bond acceptors (Lipinski definition) is 5. The predicted molar refractivity (Wildman–Crippen MR) is 76.1 cm³/mol. The second-order valence-corrected chi connectivity index (χ2v) is 4.27. The predicted octanol–water partition coefficient (Wildman–Crippen LogP) is 2.99. The maximum Gasteiger partial charge on any atom is 0.248 e. The third-order valence-corrected chi connectivity index (χ3v) is 2.90. The summed E-state index contributed by atoms with van der Waals surface area (Å²) < 4.78 is 10.8. The van der Waals surface area contributed by atoms with Gasteiger partial charge in [0.2, 0.25) is 11.8 Å². The van der Waals surface area contributed by atoms with Gasteiger partial charge in [-0.1, -0.05) is 6.07 Å². The molecule has 2 aromatic carbocycles. The van der Waals surface area contributed by atoms with Crippen molar-refractivity contribution in [3.63, 3.8) is 0 Å². The molecular weight excluding hydrogens is 254 g/mol. The Morgan fingerprint density at radius 2 is 1.65 bits per heavy atom. The van der Waals surface area contributed by atoms with E-state index in [1.54, 1.807) is 13.2 Å². The Labute approximate surface area is 116 Å². The molecule has 1 heterocycles. The average Bonchev–Trinajstić information content (AvgIpc) is 2.97. The van der Waals surface area contributed by atoms with Gasteiger partial charge in [0.1, 0.15) is 5.75 Å². The maximum atomic E-state index is 5.74. The molecule has 0 unspecified atom stereocenters. The minimum absolute atomic E-state index is 0.447. The summed E-state index contributed by atoms with van der Waals surface area (Å²) in [6.07, 6.45) is 0. The minimum atomic E-state index is 0.447. The molecule has 20 heavy (non-hydrogen) atoms. The molecule has 0 amide bonds. The van der Waals surface area contributed by atoms with Crippen LogP contribution in [-0.4, -0.2) is 17.3 Å². The lowest BCUT2D eigenvalue weighted by Gasteiger charge is -1.99. The van der Waals surface area contributed by atoms with E-state index in [9.17, 15) is 0 Å². The van der Waals surface area contributed by atoms with E-state index in [1.165, 1.54) is 0 Å². The molecule has 3 aromatic rings. The lowest BCUT2D eigenvalue weighted by molar-refractivity contribution is 0.415. The van der Waals surface area contributed by atoms with Crippen LogP contribution >= 0.6 is 0 Å². The molecule has 0 atom stereocenters. The lowest BCUT2D eigenvalue weighted by Crippen LogP contribution is -1.84. The van der Waals surface area contributed by atoms with Crippen molar-refractivity contribution in [2.24, 2.45) is 0 Å². The first-order valence-electron chi connectivity index (χ1n) is 6.10. The van der Waals surface area contributed by atoms with E-state index in [1.807, 2.05) is 42.5 Å². The number of hydrogen-bond donors (Lipinski definition) is 1. The molecule has 3 rings (SSSR count). The Balaban J connectivity index is 1.93. The summed E-state index contributed by atoms with van der Waals surface area (Å²) in [5.41, 5.74) is 8.05. The summed E-state index contributed by atoms with van der Waals surface area (Å²) in [6.45, 7) is 0. The summed E-state index contributed by atoms with van der Waals surface area (Å²) in [5, 5.41) is 8.09. The highest BCUT2D eigenvalue weighted by atomic mass is 16.5. The molecule has 0 bridgehead atoms. The van der Waals surface area contributed by atoms with Crippen molar-refractivity contribution in [3.05, 3.63) is 48.5 Å². The number of aromatic nitrogens is 2. The third-order valence-electron chi connectivity index (χ3n) is 2.90. The molecule has 0 aliphatic heterocycles. The van der Waals surface area contributed by atoms with Gasteiger partial charge in [-0.2, -0.15) is 0 Å². The van der Waals surface area contributed by atoms with Crippen LogP contribution in [0.2, 0.25) is 0 Å². The molecule has 0 saturated heterocycles. The van der Waals surface area contributed by atoms with E-state index in [-0.39, 0.29) is 0 Å². The summed E-state index contributed by atoms with van der Waals surface area (Å²) in [4.78, 5) is 0. The third kappa shape index (κ3) is 2.33. The van der Waals surface area contributed by atoms with E-state index >= 15 is 0 Å². The van der Waals surface area contributed by atoms with Crippen LogP contribution in [0.4, 0.5) is 5.69 Å². The zero-order chi connectivity index (χ0) is 13.9. The number of ether oxygens (including phenoxy) is 1. The Morgan fingerprint density at radius 3 is 2.30 bits per heavy atom. The Hall–Kier alpha value is -2.82. The number of anilines is 1. The zero-order valence-corrected chi connectivity index (χ0v) is 10.9. The highest BCUT2D eigenvalue weighted by Gasteiger charge is 2.10. The molecule has 100 valence electrons. The Morgan fingerprint density at radius 1 is 0.950 bits per heavy atom. The second kappa shape index (κ2) is 5.05. The fourth-order valence-corrected chi connectivity index (χ4v) is 1.86. The van der Waals surface area contributed by atoms with E-state index in [0.717, 1.165) is 16.9 Å². The van der Waals surface area contributed by atoms with Gasteiger partial charge in [0, 0.05) is 16.8 Å². The van der Waals surface area contributed by atoms with Crippen molar-refractivity contribution in [2.75, 3.05) is 12.8 Å². The molecular formula is C15H13N3O2. The van der Waals surface area contributed by atoms with E-state index in [0.29, 0.717) is 17.5 Å². The summed E-state index contributed by atoms with van der Waals surface area (Å²) in [5.74, 6) is 1.69.